The fourth-order valence-electron chi connectivity index (χ4n) is 3.55. The first-order valence-electron chi connectivity index (χ1n) is 10.3. The number of esters is 1. The van der Waals surface area contributed by atoms with E-state index in [2.05, 4.69) is 15.4 Å². The SMILES string of the molecule is CCOC(=O)c1ccc(N2CC(C(=O)Nc3c(C#N)cnn3-c3ccccn3)CC2=O)cc1. The number of hydrogen-bond donors (Lipinski definition) is 1. The Hall–Kier alpha value is -4.52. The summed E-state index contributed by atoms with van der Waals surface area (Å²) in [4.78, 5) is 43.1. The maximum absolute atomic E-state index is 13.0. The van der Waals surface area contributed by atoms with Crippen LogP contribution >= 0.6 is 0 Å². The zero-order valence-corrected chi connectivity index (χ0v) is 17.8. The average molecular weight is 444 g/mol. The molecule has 1 aliphatic heterocycles. The van der Waals surface area contributed by atoms with Crippen molar-refractivity contribution in [3.8, 4) is 11.9 Å². The van der Waals surface area contributed by atoms with E-state index in [0.717, 1.165) is 0 Å². The molecule has 3 heterocycles. The molecule has 0 radical (unpaired) electrons. The monoisotopic (exact) mass is 444 g/mol. The molecule has 2 amide bonds. The molecule has 4 rings (SSSR count). The third kappa shape index (κ3) is 4.43. The van der Waals surface area contributed by atoms with Crippen molar-refractivity contribution in [2.75, 3.05) is 23.4 Å². The second kappa shape index (κ2) is 9.32. The minimum absolute atomic E-state index is 0.0189. The Morgan fingerprint density at radius 2 is 2.03 bits per heavy atom. The zero-order chi connectivity index (χ0) is 23.4. The summed E-state index contributed by atoms with van der Waals surface area (Å²) in [6, 6.07) is 13.7. The third-order valence-corrected chi connectivity index (χ3v) is 5.18. The smallest absolute Gasteiger partial charge is 0.338 e. The topological polar surface area (TPSA) is 130 Å². The molecule has 1 atom stereocenters. The second-order valence-corrected chi connectivity index (χ2v) is 7.28. The molecule has 1 fully saturated rings. The van der Waals surface area contributed by atoms with Crippen molar-refractivity contribution in [1.82, 2.24) is 14.8 Å². The van der Waals surface area contributed by atoms with Gasteiger partial charge in [0.2, 0.25) is 11.8 Å². The van der Waals surface area contributed by atoms with Crippen LogP contribution in [-0.4, -0.2) is 45.7 Å². The van der Waals surface area contributed by atoms with E-state index < -0.39 is 17.8 Å². The van der Waals surface area contributed by atoms with Crippen molar-refractivity contribution >= 4 is 29.3 Å². The molecule has 1 unspecified atom stereocenters. The largest absolute Gasteiger partial charge is 0.462 e. The maximum Gasteiger partial charge on any atom is 0.338 e. The molecule has 166 valence electrons. The fraction of sp³-hybridized carbons (Fsp3) is 0.217. The molecule has 0 aliphatic carbocycles. The number of anilines is 2. The van der Waals surface area contributed by atoms with Crippen molar-refractivity contribution in [1.29, 1.82) is 5.26 Å². The number of aromatic nitrogens is 3. The summed E-state index contributed by atoms with van der Waals surface area (Å²) in [5.41, 5.74) is 1.15. The third-order valence-electron chi connectivity index (χ3n) is 5.18. The predicted octanol–water partition coefficient (Wildman–Crippen LogP) is 2.31. The Morgan fingerprint density at radius 1 is 1.24 bits per heavy atom. The number of benzene rings is 1. The molecule has 1 N–H and O–H groups in total. The van der Waals surface area contributed by atoms with Crippen LogP contribution < -0.4 is 10.2 Å². The van der Waals surface area contributed by atoms with Crippen LogP contribution in [0.5, 0.6) is 0 Å². The Morgan fingerprint density at radius 3 is 2.70 bits per heavy atom. The first kappa shape index (κ1) is 21.7. The minimum atomic E-state index is -0.624. The Bertz CT molecular complexity index is 1230. The fourth-order valence-corrected chi connectivity index (χ4v) is 3.55. The lowest BCUT2D eigenvalue weighted by Gasteiger charge is -2.17. The summed E-state index contributed by atoms with van der Waals surface area (Å²) in [7, 11) is 0. The van der Waals surface area contributed by atoms with Gasteiger partial charge in [0.05, 0.1) is 24.3 Å². The van der Waals surface area contributed by atoms with Crippen LogP contribution in [0.3, 0.4) is 0 Å². The van der Waals surface area contributed by atoms with Crippen molar-refractivity contribution in [3.05, 3.63) is 66.0 Å². The van der Waals surface area contributed by atoms with Gasteiger partial charge in [0.1, 0.15) is 11.6 Å². The van der Waals surface area contributed by atoms with Gasteiger partial charge in [-0.05, 0) is 43.3 Å². The van der Waals surface area contributed by atoms with Gasteiger partial charge in [0.15, 0.2) is 11.6 Å². The number of carbonyl (C=O) groups excluding carboxylic acids is 3. The van der Waals surface area contributed by atoms with Crippen LogP contribution in [0.2, 0.25) is 0 Å². The number of amides is 2. The first-order valence-corrected chi connectivity index (χ1v) is 10.3. The van der Waals surface area contributed by atoms with E-state index in [0.29, 0.717) is 17.1 Å². The lowest BCUT2D eigenvalue weighted by Crippen LogP contribution is -2.29. The lowest BCUT2D eigenvalue weighted by atomic mass is 10.1. The van der Waals surface area contributed by atoms with E-state index >= 15 is 0 Å². The van der Waals surface area contributed by atoms with E-state index in [4.69, 9.17) is 4.74 Å². The number of rotatable bonds is 6. The summed E-state index contributed by atoms with van der Waals surface area (Å²) < 4.78 is 6.34. The molecule has 10 heteroatoms. The molecule has 0 spiro atoms. The number of ether oxygens (including phenoxy) is 1. The highest BCUT2D eigenvalue weighted by molar-refractivity contribution is 6.04. The Balaban J connectivity index is 1.49. The minimum Gasteiger partial charge on any atom is -0.462 e. The molecule has 3 aromatic rings. The van der Waals surface area contributed by atoms with Gasteiger partial charge in [-0.3, -0.25) is 9.59 Å². The number of hydrogen-bond acceptors (Lipinski definition) is 7. The molecule has 1 aromatic carbocycles. The van der Waals surface area contributed by atoms with Crippen LogP contribution in [0.1, 0.15) is 29.3 Å². The Kier molecular flexibility index (Phi) is 6.13. The summed E-state index contributed by atoms with van der Waals surface area (Å²) >= 11 is 0. The van der Waals surface area contributed by atoms with E-state index in [1.54, 1.807) is 55.6 Å². The van der Waals surface area contributed by atoms with Gasteiger partial charge < -0.3 is 15.0 Å². The molecule has 0 bridgehead atoms. The zero-order valence-electron chi connectivity index (χ0n) is 17.8. The van der Waals surface area contributed by atoms with E-state index in [1.807, 2.05) is 6.07 Å². The van der Waals surface area contributed by atoms with Crippen LogP contribution in [0.4, 0.5) is 11.5 Å². The van der Waals surface area contributed by atoms with E-state index in [9.17, 15) is 19.6 Å². The molecule has 1 saturated heterocycles. The number of pyridine rings is 1. The number of nitriles is 1. The highest BCUT2D eigenvalue weighted by atomic mass is 16.5. The van der Waals surface area contributed by atoms with E-state index in [1.165, 1.54) is 15.8 Å². The molecule has 2 aromatic heterocycles. The van der Waals surface area contributed by atoms with Gasteiger partial charge in [0.25, 0.3) is 0 Å². The molecular weight excluding hydrogens is 424 g/mol. The van der Waals surface area contributed by atoms with Gasteiger partial charge in [-0.25, -0.2) is 9.78 Å². The van der Waals surface area contributed by atoms with Gasteiger partial charge >= 0.3 is 5.97 Å². The lowest BCUT2D eigenvalue weighted by molar-refractivity contribution is -0.122. The van der Waals surface area contributed by atoms with Crippen molar-refractivity contribution in [2.45, 2.75) is 13.3 Å². The predicted molar refractivity (Wildman–Crippen MR) is 118 cm³/mol. The quantitative estimate of drug-likeness (QED) is 0.577. The summed E-state index contributed by atoms with van der Waals surface area (Å²) in [5.74, 6) is -1.03. The normalized spacial score (nSPS) is 15.2. The van der Waals surface area contributed by atoms with Crippen LogP contribution in [0.15, 0.2) is 54.9 Å². The van der Waals surface area contributed by atoms with Crippen LogP contribution in [0.25, 0.3) is 5.82 Å². The first-order chi connectivity index (χ1) is 16.0. The standard InChI is InChI=1S/C23H20N6O4/c1-2-33-23(32)15-6-8-18(9-7-15)28-14-16(11-20(28)30)22(31)27-21-17(12-24)13-26-29(21)19-5-3-4-10-25-19/h3-10,13,16H,2,11,14H2,1H3,(H,27,31). The number of nitrogens with one attached hydrogen (secondary N) is 1. The van der Waals surface area contributed by atoms with Crippen LogP contribution in [-0.2, 0) is 14.3 Å². The number of carbonyl (C=O) groups is 3. The summed E-state index contributed by atoms with van der Waals surface area (Å²) in [5, 5.41) is 16.3. The van der Waals surface area contributed by atoms with Crippen LogP contribution in [0, 0.1) is 17.2 Å². The highest BCUT2D eigenvalue weighted by Crippen LogP contribution is 2.27. The molecule has 0 saturated carbocycles. The summed E-state index contributed by atoms with van der Waals surface area (Å²) in [6.45, 7) is 2.17. The Labute approximate surface area is 189 Å². The van der Waals surface area contributed by atoms with E-state index in [-0.39, 0.29) is 36.9 Å². The van der Waals surface area contributed by atoms with Gasteiger partial charge in [-0.1, -0.05) is 6.07 Å². The molecule has 33 heavy (non-hydrogen) atoms. The van der Waals surface area contributed by atoms with Gasteiger partial charge in [-0.15, -0.1) is 0 Å². The summed E-state index contributed by atoms with van der Waals surface area (Å²) in [6.07, 6.45) is 2.95. The second-order valence-electron chi connectivity index (χ2n) is 7.28. The van der Waals surface area contributed by atoms with Gasteiger partial charge in [-0.2, -0.15) is 15.0 Å². The van der Waals surface area contributed by atoms with Crippen molar-refractivity contribution in [2.24, 2.45) is 5.92 Å². The highest BCUT2D eigenvalue weighted by Gasteiger charge is 2.36. The van der Waals surface area contributed by atoms with Crippen molar-refractivity contribution in [3.63, 3.8) is 0 Å². The molecule has 1 aliphatic rings. The molecule has 10 nitrogen and oxygen atoms in total. The molecular formula is C23H20N6O4. The van der Waals surface area contributed by atoms with Gasteiger partial charge in [0, 0.05) is 24.8 Å². The number of nitrogens with zero attached hydrogens (tertiary/aromatic N) is 5. The van der Waals surface area contributed by atoms with Crippen molar-refractivity contribution < 1.29 is 19.1 Å². The maximum atomic E-state index is 13.0. The average Bonchev–Trinajstić information content (AvgIpc) is 3.43.